The number of aliphatic hydroxyl groups excluding tert-OH is 1. The first kappa shape index (κ1) is 17.1. The van der Waals surface area contributed by atoms with Crippen molar-refractivity contribution in [3.63, 3.8) is 0 Å². The Bertz CT molecular complexity index is 655. The summed E-state index contributed by atoms with van der Waals surface area (Å²) in [6, 6.07) is 9.00. The second kappa shape index (κ2) is 7.83. The van der Waals surface area contributed by atoms with Crippen molar-refractivity contribution in [3.8, 4) is 17.5 Å². The maximum atomic E-state index is 9.15. The number of benzene rings is 1. The largest absolute Gasteiger partial charge is 0.419 e. The lowest BCUT2D eigenvalue weighted by molar-refractivity contribution is 0.0953. The number of ether oxygens (including phenoxy) is 1. The predicted octanol–water partition coefficient (Wildman–Crippen LogP) is 1.49. The Morgan fingerprint density at radius 3 is 2.70 bits per heavy atom. The van der Waals surface area contributed by atoms with Gasteiger partial charge < -0.3 is 19.6 Å². The van der Waals surface area contributed by atoms with Crippen LogP contribution >= 0.6 is 0 Å². The molecule has 0 aliphatic rings. The summed E-state index contributed by atoms with van der Waals surface area (Å²) in [4.78, 5) is 0. The Balaban J connectivity index is 2.02. The number of nitrogens with zero attached hydrogens (tertiary/aromatic N) is 3. The van der Waals surface area contributed by atoms with Crippen LogP contribution in [-0.4, -0.2) is 41.2 Å². The van der Waals surface area contributed by atoms with Crippen LogP contribution in [0.4, 0.5) is 0 Å². The maximum Gasteiger partial charge on any atom is 0.247 e. The van der Waals surface area contributed by atoms with Gasteiger partial charge in [0.25, 0.3) is 0 Å². The molecule has 2 N–H and O–H groups in total. The van der Waals surface area contributed by atoms with E-state index in [-0.39, 0.29) is 12.1 Å². The number of methoxy groups -OCH3 is 1. The van der Waals surface area contributed by atoms with Crippen molar-refractivity contribution in [2.24, 2.45) is 0 Å². The molecule has 0 aliphatic heterocycles. The average Bonchev–Trinajstić information content (AvgIpc) is 3.03. The standard InChI is InChI=1S/C16H20N4O3/c1-16(7-8-21,11-22-2)18-10-14-19-20-15(23-14)13-5-3-12(9-17)4-6-13/h3-6,18,21H,7-8,10-11H2,1-2H3. The molecule has 2 aromatic rings. The molecule has 0 radical (unpaired) electrons. The lowest BCUT2D eigenvalue weighted by Gasteiger charge is -2.28. The zero-order valence-electron chi connectivity index (χ0n) is 13.2. The summed E-state index contributed by atoms with van der Waals surface area (Å²) in [5.74, 6) is 0.853. The molecule has 1 aromatic heterocycles. The minimum atomic E-state index is -0.368. The normalized spacial score (nSPS) is 13.5. The molecule has 2 rings (SSSR count). The number of aromatic nitrogens is 2. The molecule has 0 bridgehead atoms. The van der Waals surface area contributed by atoms with Gasteiger partial charge in [-0.3, -0.25) is 0 Å². The summed E-state index contributed by atoms with van der Waals surface area (Å²) in [5, 5.41) is 29.2. The minimum absolute atomic E-state index is 0.0627. The highest BCUT2D eigenvalue weighted by atomic mass is 16.5. The van der Waals surface area contributed by atoms with Gasteiger partial charge in [0.1, 0.15) is 0 Å². The molecule has 0 aliphatic carbocycles. The monoisotopic (exact) mass is 316 g/mol. The Morgan fingerprint density at radius 2 is 2.09 bits per heavy atom. The minimum Gasteiger partial charge on any atom is -0.419 e. The first-order valence-corrected chi connectivity index (χ1v) is 7.28. The highest BCUT2D eigenvalue weighted by Gasteiger charge is 2.24. The Morgan fingerprint density at radius 1 is 1.35 bits per heavy atom. The van der Waals surface area contributed by atoms with E-state index in [1.54, 1.807) is 31.4 Å². The van der Waals surface area contributed by atoms with Gasteiger partial charge in [0.05, 0.1) is 24.8 Å². The second-order valence-electron chi connectivity index (χ2n) is 5.51. The number of nitrogens with one attached hydrogen (secondary N) is 1. The van der Waals surface area contributed by atoms with Gasteiger partial charge >= 0.3 is 0 Å². The van der Waals surface area contributed by atoms with Crippen LogP contribution in [0.2, 0.25) is 0 Å². The molecule has 7 heteroatoms. The molecule has 0 saturated carbocycles. The number of hydrogen-bond donors (Lipinski definition) is 2. The third-order valence-electron chi connectivity index (χ3n) is 3.52. The predicted molar refractivity (Wildman–Crippen MR) is 83.3 cm³/mol. The summed E-state index contributed by atoms with van der Waals surface area (Å²) in [5.41, 5.74) is 0.972. The van der Waals surface area contributed by atoms with Gasteiger partial charge in [0.2, 0.25) is 11.8 Å². The van der Waals surface area contributed by atoms with Crippen molar-refractivity contribution in [2.45, 2.75) is 25.4 Å². The van der Waals surface area contributed by atoms with Crippen LogP contribution in [0.25, 0.3) is 11.5 Å². The summed E-state index contributed by atoms with van der Waals surface area (Å²) in [6.07, 6.45) is 0.553. The average molecular weight is 316 g/mol. The van der Waals surface area contributed by atoms with E-state index in [0.717, 1.165) is 5.56 Å². The van der Waals surface area contributed by atoms with Crippen LogP contribution in [0.1, 0.15) is 24.8 Å². The number of nitriles is 1. The van der Waals surface area contributed by atoms with Gasteiger partial charge in [0, 0.05) is 24.8 Å². The highest BCUT2D eigenvalue weighted by Crippen LogP contribution is 2.19. The van der Waals surface area contributed by atoms with Gasteiger partial charge in [-0.15, -0.1) is 10.2 Å². The quantitative estimate of drug-likeness (QED) is 0.760. The zero-order chi connectivity index (χ0) is 16.7. The third-order valence-corrected chi connectivity index (χ3v) is 3.52. The molecular formula is C16H20N4O3. The van der Waals surface area contributed by atoms with Crippen molar-refractivity contribution in [1.82, 2.24) is 15.5 Å². The Kier molecular flexibility index (Phi) is 5.82. The Hall–Kier alpha value is -2.27. The van der Waals surface area contributed by atoms with E-state index in [0.29, 0.717) is 36.9 Å². The van der Waals surface area contributed by atoms with Crippen molar-refractivity contribution >= 4 is 0 Å². The Labute approximate surface area is 134 Å². The van der Waals surface area contributed by atoms with E-state index >= 15 is 0 Å². The zero-order valence-corrected chi connectivity index (χ0v) is 13.2. The smallest absolute Gasteiger partial charge is 0.247 e. The number of aliphatic hydroxyl groups is 1. The lowest BCUT2D eigenvalue weighted by atomic mass is 9.99. The van der Waals surface area contributed by atoms with Crippen LogP contribution in [0.3, 0.4) is 0 Å². The van der Waals surface area contributed by atoms with E-state index in [4.69, 9.17) is 19.5 Å². The van der Waals surface area contributed by atoms with Crippen molar-refractivity contribution in [3.05, 3.63) is 35.7 Å². The van der Waals surface area contributed by atoms with E-state index in [9.17, 15) is 0 Å². The fraction of sp³-hybridized carbons (Fsp3) is 0.438. The molecule has 1 aromatic carbocycles. The van der Waals surface area contributed by atoms with E-state index in [1.165, 1.54) is 0 Å². The summed E-state index contributed by atoms with van der Waals surface area (Å²) in [6.45, 7) is 2.87. The molecular weight excluding hydrogens is 296 g/mol. The fourth-order valence-corrected chi connectivity index (χ4v) is 2.19. The van der Waals surface area contributed by atoms with Gasteiger partial charge in [0.15, 0.2) is 0 Å². The first-order valence-electron chi connectivity index (χ1n) is 7.28. The van der Waals surface area contributed by atoms with Crippen molar-refractivity contribution in [1.29, 1.82) is 5.26 Å². The highest BCUT2D eigenvalue weighted by molar-refractivity contribution is 5.54. The van der Waals surface area contributed by atoms with Gasteiger partial charge in [-0.25, -0.2) is 0 Å². The van der Waals surface area contributed by atoms with E-state index in [1.807, 2.05) is 6.92 Å². The van der Waals surface area contributed by atoms with Gasteiger partial charge in [-0.2, -0.15) is 5.26 Å². The molecule has 0 amide bonds. The van der Waals surface area contributed by atoms with Crippen LogP contribution in [0, 0.1) is 11.3 Å². The molecule has 122 valence electrons. The van der Waals surface area contributed by atoms with Crippen molar-refractivity contribution in [2.75, 3.05) is 20.3 Å². The number of rotatable bonds is 8. The molecule has 1 heterocycles. The molecule has 1 unspecified atom stereocenters. The molecule has 0 saturated heterocycles. The maximum absolute atomic E-state index is 9.15. The summed E-state index contributed by atoms with van der Waals surface area (Å²) >= 11 is 0. The van der Waals surface area contributed by atoms with E-state index in [2.05, 4.69) is 21.6 Å². The second-order valence-corrected chi connectivity index (χ2v) is 5.51. The third kappa shape index (κ3) is 4.60. The topological polar surface area (TPSA) is 104 Å². The van der Waals surface area contributed by atoms with Crippen LogP contribution in [0.5, 0.6) is 0 Å². The van der Waals surface area contributed by atoms with Crippen LogP contribution < -0.4 is 5.32 Å². The van der Waals surface area contributed by atoms with Gasteiger partial charge in [-0.1, -0.05) is 0 Å². The van der Waals surface area contributed by atoms with E-state index < -0.39 is 0 Å². The first-order chi connectivity index (χ1) is 11.1. The fourth-order valence-electron chi connectivity index (χ4n) is 2.19. The molecule has 7 nitrogen and oxygen atoms in total. The number of hydrogen-bond acceptors (Lipinski definition) is 7. The molecule has 23 heavy (non-hydrogen) atoms. The van der Waals surface area contributed by atoms with Crippen LogP contribution in [-0.2, 0) is 11.3 Å². The summed E-state index contributed by atoms with van der Waals surface area (Å²) in [7, 11) is 1.62. The SMILES string of the molecule is COCC(C)(CCO)NCc1nnc(-c2ccc(C#N)cc2)o1. The molecule has 0 spiro atoms. The van der Waals surface area contributed by atoms with Crippen molar-refractivity contribution < 1.29 is 14.3 Å². The van der Waals surface area contributed by atoms with Crippen LogP contribution in [0.15, 0.2) is 28.7 Å². The van der Waals surface area contributed by atoms with Gasteiger partial charge in [-0.05, 0) is 37.6 Å². The summed E-state index contributed by atoms with van der Waals surface area (Å²) < 4.78 is 10.8. The molecule has 1 atom stereocenters. The molecule has 0 fully saturated rings. The lowest BCUT2D eigenvalue weighted by Crippen LogP contribution is -2.46.